The number of likely N-dealkylation sites (tertiary alicyclic amines) is 1. The molecule has 0 amide bonds. The maximum absolute atomic E-state index is 13.3. The monoisotopic (exact) mass is 312 g/mol. The summed E-state index contributed by atoms with van der Waals surface area (Å²) in [5.41, 5.74) is 0.345. The Kier molecular flexibility index (Phi) is 3.80. The van der Waals surface area contributed by atoms with Crippen molar-refractivity contribution >= 4 is 10.0 Å². The van der Waals surface area contributed by atoms with E-state index >= 15 is 0 Å². The van der Waals surface area contributed by atoms with Gasteiger partial charge in [0, 0.05) is 24.7 Å². The molecule has 116 valence electrons. The average molecular weight is 312 g/mol. The van der Waals surface area contributed by atoms with Crippen LogP contribution in [0.3, 0.4) is 0 Å². The third kappa shape index (κ3) is 3.12. The van der Waals surface area contributed by atoms with E-state index in [4.69, 9.17) is 0 Å². The highest BCUT2D eigenvalue weighted by atomic mass is 32.2. The molecule has 1 saturated heterocycles. The summed E-state index contributed by atoms with van der Waals surface area (Å²) in [6, 6.07) is 4.91. The van der Waals surface area contributed by atoms with Gasteiger partial charge in [0.05, 0.1) is 4.90 Å². The molecule has 0 aromatic heterocycles. The molecule has 1 aromatic carbocycles. The van der Waals surface area contributed by atoms with Gasteiger partial charge in [-0.1, -0.05) is 0 Å². The minimum Gasteiger partial charge on any atom is -0.296 e. The Hall–Kier alpha value is -0.980. The van der Waals surface area contributed by atoms with Crippen molar-refractivity contribution in [2.24, 2.45) is 0 Å². The van der Waals surface area contributed by atoms with Crippen LogP contribution in [-0.2, 0) is 10.0 Å². The number of aryl methyl sites for hydroxylation is 1. The average Bonchev–Trinajstić information content (AvgIpc) is 3.17. The largest absolute Gasteiger partial charge is 0.296 e. The fourth-order valence-corrected chi connectivity index (χ4v) is 4.45. The number of hydrogen-bond acceptors (Lipinski definition) is 3. The Labute approximate surface area is 125 Å². The molecule has 0 bridgehead atoms. The second-order valence-corrected chi connectivity index (χ2v) is 7.96. The predicted molar refractivity (Wildman–Crippen MR) is 79.1 cm³/mol. The summed E-state index contributed by atoms with van der Waals surface area (Å²) in [6.45, 7) is 4.49. The Morgan fingerprint density at radius 2 is 2.05 bits per heavy atom. The molecule has 6 heteroatoms. The van der Waals surface area contributed by atoms with Crippen molar-refractivity contribution < 1.29 is 12.8 Å². The quantitative estimate of drug-likeness (QED) is 0.925. The standard InChI is InChI=1S/C15H21FN2O2S/c1-10-7-14(5-6-15(10)16)21(19,20)17-12-8-11(2)18(9-12)13-3-4-13/h5-7,11-13,17H,3-4,8-9H2,1-2H3/t11-,12-/m0/s1. The first-order chi connectivity index (χ1) is 9.87. The van der Waals surface area contributed by atoms with Gasteiger partial charge in [0.25, 0.3) is 0 Å². The molecular formula is C15H21FN2O2S. The van der Waals surface area contributed by atoms with Gasteiger partial charge >= 0.3 is 0 Å². The van der Waals surface area contributed by atoms with Crippen molar-refractivity contribution in [1.82, 2.24) is 9.62 Å². The summed E-state index contributed by atoms with van der Waals surface area (Å²) >= 11 is 0. The molecule has 2 fully saturated rings. The Balaban J connectivity index is 1.72. The van der Waals surface area contributed by atoms with Crippen molar-refractivity contribution in [3.63, 3.8) is 0 Å². The molecule has 1 aromatic rings. The summed E-state index contributed by atoms with van der Waals surface area (Å²) < 4.78 is 40.8. The van der Waals surface area contributed by atoms with Crippen molar-refractivity contribution in [1.29, 1.82) is 0 Å². The topological polar surface area (TPSA) is 49.4 Å². The molecule has 4 nitrogen and oxygen atoms in total. The highest BCUT2D eigenvalue weighted by Gasteiger charge is 2.39. The molecule has 1 aliphatic heterocycles. The maximum atomic E-state index is 13.3. The number of sulfonamides is 1. The molecular weight excluding hydrogens is 291 g/mol. The maximum Gasteiger partial charge on any atom is 0.240 e. The van der Waals surface area contributed by atoms with E-state index in [1.807, 2.05) is 0 Å². The van der Waals surface area contributed by atoms with Gasteiger partial charge in [-0.25, -0.2) is 17.5 Å². The zero-order valence-corrected chi connectivity index (χ0v) is 13.2. The Bertz CT molecular complexity index is 643. The molecule has 1 aliphatic carbocycles. The molecule has 2 atom stereocenters. The molecule has 1 N–H and O–H groups in total. The summed E-state index contributed by atoms with van der Waals surface area (Å²) in [5, 5.41) is 0. The van der Waals surface area contributed by atoms with E-state index in [9.17, 15) is 12.8 Å². The van der Waals surface area contributed by atoms with E-state index in [-0.39, 0.29) is 16.8 Å². The van der Waals surface area contributed by atoms with Gasteiger partial charge in [0.15, 0.2) is 0 Å². The van der Waals surface area contributed by atoms with Crippen molar-refractivity contribution in [3.8, 4) is 0 Å². The number of nitrogens with zero attached hydrogens (tertiary/aromatic N) is 1. The first-order valence-electron chi connectivity index (χ1n) is 7.41. The highest BCUT2D eigenvalue weighted by Crippen LogP contribution is 2.33. The Morgan fingerprint density at radius 1 is 1.33 bits per heavy atom. The third-order valence-electron chi connectivity index (χ3n) is 4.40. The van der Waals surface area contributed by atoms with E-state index < -0.39 is 10.0 Å². The minimum absolute atomic E-state index is 0.0593. The number of halogens is 1. The molecule has 1 saturated carbocycles. The zero-order chi connectivity index (χ0) is 15.2. The van der Waals surface area contributed by atoms with Gasteiger partial charge in [0.2, 0.25) is 10.0 Å². The lowest BCUT2D eigenvalue weighted by molar-refractivity contribution is 0.256. The van der Waals surface area contributed by atoms with Crippen LogP contribution in [-0.4, -0.2) is 38.0 Å². The van der Waals surface area contributed by atoms with E-state index in [0.717, 1.165) is 13.0 Å². The van der Waals surface area contributed by atoms with E-state index in [1.165, 1.54) is 31.0 Å². The smallest absolute Gasteiger partial charge is 0.240 e. The molecule has 0 unspecified atom stereocenters. The number of nitrogens with one attached hydrogen (secondary N) is 1. The van der Waals surface area contributed by atoms with Gasteiger partial charge in [-0.3, -0.25) is 4.90 Å². The third-order valence-corrected chi connectivity index (χ3v) is 5.92. The van der Waals surface area contributed by atoms with Gasteiger partial charge in [-0.05, 0) is 56.9 Å². The first kappa shape index (κ1) is 14.9. The van der Waals surface area contributed by atoms with Gasteiger partial charge in [-0.15, -0.1) is 0 Å². The Morgan fingerprint density at radius 3 is 2.67 bits per heavy atom. The first-order valence-corrected chi connectivity index (χ1v) is 8.89. The van der Waals surface area contributed by atoms with Gasteiger partial charge in [-0.2, -0.15) is 0 Å². The van der Waals surface area contributed by atoms with Crippen LogP contribution >= 0.6 is 0 Å². The SMILES string of the molecule is Cc1cc(S(=O)(=O)N[C@H]2C[C@H](C)N(C3CC3)C2)ccc1F. The zero-order valence-electron chi connectivity index (χ0n) is 12.3. The fourth-order valence-electron chi connectivity index (χ4n) is 3.13. The summed E-state index contributed by atoms with van der Waals surface area (Å²) in [4.78, 5) is 2.53. The number of rotatable bonds is 4. The van der Waals surface area contributed by atoms with Crippen LogP contribution in [0.25, 0.3) is 0 Å². The normalized spacial score (nSPS) is 27.2. The van der Waals surface area contributed by atoms with Crippen molar-refractivity contribution in [2.45, 2.75) is 56.1 Å². The van der Waals surface area contributed by atoms with Crippen molar-refractivity contribution in [2.75, 3.05) is 6.54 Å². The van der Waals surface area contributed by atoms with Crippen LogP contribution in [0.15, 0.2) is 23.1 Å². The van der Waals surface area contributed by atoms with Crippen LogP contribution in [0.5, 0.6) is 0 Å². The van der Waals surface area contributed by atoms with Crippen LogP contribution in [0, 0.1) is 12.7 Å². The molecule has 3 rings (SSSR count). The lowest BCUT2D eigenvalue weighted by Gasteiger charge is -2.19. The molecule has 0 spiro atoms. The fraction of sp³-hybridized carbons (Fsp3) is 0.600. The van der Waals surface area contributed by atoms with Crippen LogP contribution in [0.1, 0.15) is 31.7 Å². The molecule has 2 aliphatic rings. The van der Waals surface area contributed by atoms with Gasteiger partial charge in [0.1, 0.15) is 5.82 Å². The highest BCUT2D eigenvalue weighted by molar-refractivity contribution is 7.89. The summed E-state index contributed by atoms with van der Waals surface area (Å²) in [7, 11) is -3.58. The van der Waals surface area contributed by atoms with Crippen LogP contribution < -0.4 is 4.72 Å². The second kappa shape index (κ2) is 5.34. The predicted octanol–water partition coefficient (Wildman–Crippen LogP) is 2.04. The lowest BCUT2D eigenvalue weighted by Crippen LogP contribution is -2.37. The molecule has 1 heterocycles. The van der Waals surface area contributed by atoms with E-state index in [0.29, 0.717) is 17.6 Å². The summed E-state index contributed by atoms with van der Waals surface area (Å²) in [5.74, 6) is -0.386. The van der Waals surface area contributed by atoms with E-state index in [2.05, 4.69) is 16.5 Å². The van der Waals surface area contributed by atoms with Gasteiger partial charge < -0.3 is 0 Å². The van der Waals surface area contributed by atoms with E-state index in [1.54, 1.807) is 6.92 Å². The second-order valence-electron chi connectivity index (χ2n) is 6.24. The number of hydrogen-bond donors (Lipinski definition) is 1. The van der Waals surface area contributed by atoms with Crippen LogP contribution in [0.2, 0.25) is 0 Å². The van der Waals surface area contributed by atoms with Crippen molar-refractivity contribution in [3.05, 3.63) is 29.6 Å². The molecule has 21 heavy (non-hydrogen) atoms. The minimum atomic E-state index is -3.58. The van der Waals surface area contributed by atoms with Crippen LogP contribution in [0.4, 0.5) is 4.39 Å². The lowest BCUT2D eigenvalue weighted by atomic mass is 10.2. The summed E-state index contributed by atoms with van der Waals surface area (Å²) in [6.07, 6.45) is 3.28. The molecule has 0 radical (unpaired) electrons. The number of benzene rings is 1.